The van der Waals surface area contributed by atoms with Crippen molar-refractivity contribution in [3.63, 3.8) is 0 Å². The average Bonchev–Trinajstić information content (AvgIpc) is 3.19. The fourth-order valence-electron chi connectivity index (χ4n) is 3.48. The molecule has 29 heavy (non-hydrogen) atoms. The fourth-order valence-corrected chi connectivity index (χ4v) is 4.46. The smallest absolute Gasteiger partial charge is 0.258 e. The molecule has 3 heterocycles. The number of ether oxygens (including phenoxy) is 2. The van der Waals surface area contributed by atoms with Crippen LogP contribution in [0.2, 0.25) is 0 Å². The van der Waals surface area contributed by atoms with Gasteiger partial charge in [0.2, 0.25) is 0 Å². The molecule has 8 heteroatoms. The van der Waals surface area contributed by atoms with Gasteiger partial charge in [-0.25, -0.2) is 4.98 Å². The summed E-state index contributed by atoms with van der Waals surface area (Å²) < 4.78 is 13.2. The molecule has 1 aromatic carbocycles. The number of carbonyl (C=O) groups excluding carboxylic acids is 1. The lowest BCUT2D eigenvalue weighted by molar-refractivity contribution is -0.123. The van der Waals surface area contributed by atoms with Gasteiger partial charge in [-0.1, -0.05) is 12.1 Å². The Morgan fingerprint density at radius 3 is 3.07 bits per heavy atom. The average molecular weight is 413 g/mol. The van der Waals surface area contributed by atoms with Gasteiger partial charge in [-0.2, -0.15) is 0 Å². The van der Waals surface area contributed by atoms with Gasteiger partial charge in [0, 0.05) is 47.8 Å². The number of thiazole rings is 1. The monoisotopic (exact) mass is 413 g/mol. The zero-order valence-electron chi connectivity index (χ0n) is 16.7. The van der Waals surface area contributed by atoms with Gasteiger partial charge in [-0.15, -0.1) is 11.3 Å². The highest BCUT2D eigenvalue weighted by Gasteiger charge is 2.32. The van der Waals surface area contributed by atoms with Crippen LogP contribution in [0.1, 0.15) is 30.8 Å². The summed E-state index contributed by atoms with van der Waals surface area (Å²) in [5.74, 6) is 1.08. The number of rotatable bonds is 6. The number of nitrogens with one attached hydrogen (secondary N) is 1. The summed E-state index contributed by atoms with van der Waals surface area (Å²) in [4.78, 5) is 29.4. The van der Waals surface area contributed by atoms with Gasteiger partial charge < -0.3 is 14.8 Å². The zero-order valence-corrected chi connectivity index (χ0v) is 17.5. The van der Waals surface area contributed by atoms with E-state index >= 15 is 0 Å². The van der Waals surface area contributed by atoms with Crippen LogP contribution < -0.4 is 20.3 Å². The van der Waals surface area contributed by atoms with Crippen molar-refractivity contribution in [3.8, 4) is 11.5 Å². The summed E-state index contributed by atoms with van der Waals surface area (Å²) >= 11 is 1.42. The number of hydrogen-bond acceptors (Lipinski definition) is 6. The topological polar surface area (TPSA) is 81.9 Å². The van der Waals surface area contributed by atoms with Crippen molar-refractivity contribution in [2.24, 2.45) is 0 Å². The first-order valence-corrected chi connectivity index (χ1v) is 10.4. The molecule has 1 N–H and O–H groups in total. The fraction of sp³-hybridized carbons (Fsp3) is 0.381. The predicted octanol–water partition coefficient (Wildman–Crippen LogP) is 2.52. The first kappa shape index (κ1) is 19.4. The normalized spacial score (nSPS) is 14.4. The molecule has 1 amide bonds. The Labute approximate surface area is 172 Å². The molecule has 152 valence electrons. The maximum atomic E-state index is 12.2. The molecule has 0 aliphatic carbocycles. The molecule has 0 unspecified atom stereocenters. The number of carbonyl (C=O) groups is 1. The molecule has 0 saturated carbocycles. The third kappa shape index (κ3) is 4.12. The molecule has 7 nitrogen and oxygen atoms in total. The summed E-state index contributed by atoms with van der Waals surface area (Å²) in [5, 5.41) is 4.74. The lowest BCUT2D eigenvalue weighted by Gasteiger charge is -2.18. The number of amides is 1. The van der Waals surface area contributed by atoms with E-state index in [1.54, 1.807) is 11.3 Å². The van der Waals surface area contributed by atoms with E-state index < -0.39 is 0 Å². The van der Waals surface area contributed by atoms with Crippen molar-refractivity contribution in [2.45, 2.75) is 39.2 Å². The van der Waals surface area contributed by atoms with Crippen LogP contribution in [0, 0.1) is 6.92 Å². The summed E-state index contributed by atoms with van der Waals surface area (Å²) in [6.45, 7) is 6.17. The largest absolute Gasteiger partial charge is 0.483 e. The standard InChI is InChI=1S/C21H23N3O4S/c1-13-9-18(26)24-15(12-29-20(24)23-13)7-8-22-17(25)11-27-16-6-4-5-14-10-21(2,3)28-19(14)16/h4-6,9,12H,7-8,10-11H2,1-3H3,(H,22,25). The van der Waals surface area contributed by atoms with Gasteiger partial charge in [0.05, 0.1) is 0 Å². The molecule has 1 aliphatic rings. The Bertz CT molecular complexity index is 1130. The summed E-state index contributed by atoms with van der Waals surface area (Å²) in [6.07, 6.45) is 1.35. The van der Waals surface area contributed by atoms with Crippen LogP contribution in [0.3, 0.4) is 0 Å². The number of aryl methyl sites for hydroxylation is 1. The minimum absolute atomic E-state index is 0.0919. The Balaban J connectivity index is 1.32. The zero-order chi connectivity index (χ0) is 20.6. The van der Waals surface area contributed by atoms with Crippen molar-refractivity contribution in [3.05, 3.63) is 57.0 Å². The van der Waals surface area contributed by atoms with Crippen molar-refractivity contribution in [2.75, 3.05) is 13.2 Å². The Morgan fingerprint density at radius 1 is 1.41 bits per heavy atom. The second kappa shape index (κ2) is 7.51. The molecular weight excluding hydrogens is 390 g/mol. The van der Waals surface area contributed by atoms with E-state index in [4.69, 9.17) is 9.47 Å². The number of hydrogen-bond donors (Lipinski definition) is 1. The SMILES string of the molecule is Cc1cc(=O)n2c(CCNC(=O)COc3cccc4c3OC(C)(C)C4)csc2n1. The van der Waals surface area contributed by atoms with E-state index in [0.29, 0.717) is 29.4 Å². The van der Waals surface area contributed by atoms with E-state index in [-0.39, 0.29) is 23.7 Å². The van der Waals surface area contributed by atoms with E-state index in [2.05, 4.69) is 10.3 Å². The van der Waals surface area contributed by atoms with Crippen LogP contribution in [0.4, 0.5) is 0 Å². The summed E-state index contributed by atoms with van der Waals surface area (Å²) in [5.41, 5.74) is 2.26. The molecule has 1 aliphatic heterocycles. The quantitative estimate of drug-likeness (QED) is 0.672. The van der Waals surface area contributed by atoms with Crippen LogP contribution >= 0.6 is 11.3 Å². The maximum absolute atomic E-state index is 12.2. The van der Waals surface area contributed by atoms with Crippen molar-refractivity contribution < 1.29 is 14.3 Å². The second-order valence-corrected chi connectivity index (χ2v) is 8.59. The minimum atomic E-state index is -0.265. The lowest BCUT2D eigenvalue weighted by Crippen LogP contribution is -2.31. The Kier molecular flexibility index (Phi) is 5.04. The van der Waals surface area contributed by atoms with Crippen LogP contribution in [0.15, 0.2) is 34.4 Å². The van der Waals surface area contributed by atoms with Gasteiger partial charge in [-0.3, -0.25) is 14.0 Å². The molecular formula is C21H23N3O4S. The van der Waals surface area contributed by atoms with E-state index in [9.17, 15) is 9.59 Å². The summed E-state index contributed by atoms with van der Waals surface area (Å²) in [7, 11) is 0. The molecule has 4 rings (SSSR count). The van der Waals surface area contributed by atoms with Gasteiger partial charge in [0.1, 0.15) is 5.60 Å². The van der Waals surface area contributed by atoms with Crippen LogP contribution in [0.25, 0.3) is 4.96 Å². The van der Waals surface area contributed by atoms with Gasteiger partial charge in [0.25, 0.3) is 11.5 Å². The first-order valence-electron chi connectivity index (χ1n) is 9.49. The van der Waals surface area contributed by atoms with Crippen molar-refractivity contribution in [1.29, 1.82) is 0 Å². The molecule has 0 radical (unpaired) electrons. The van der Waals surface area contributed by atoms with Gasteiger partial charge in [-0.05, 0) is 26.8 Å². The van der Waals surface area contributed by atoms with Crippen LogP contribution in [-0.2, 0) is 17.6 Å². The Morgan fingerprint density at radius 2 is 2.24 bits per heavy atom. The van der Waals surface area contributed by atoms with Gasteiger partial charge >= 0.3 is 0 Å². The van der Waals surface area contributed by atoms with E-state index in [0.717, 1.165) is 23.4 Å². The molecule has 0 spiro atoms. The summed E-state index contributed by atoms with van der Waals surface area (Å²) in [6, 6.07) is 7.25. The molecule has 0 bridgehead atoms. The highest BCUT2D eigenvalue weighted by Crippen LogP contribution is 2.41. The molecule has 0 fully saturated rings. The third-order valence-corrected chi connectivity index (χ3v) is 5.60. The van der Waals surface area contributed by atoms with E-state index in [1.165, 1.54) is 17.4 Å². The number of fused-ring (bicyclic) bond motifs is 2. The first-order chi connectivity index (χ1) is 13.8. The van der Waals surface area contributed by atoms with E-state index in [1.807, 2.05) is 37.4 Å². The highest BCUT2D eigenvalue weighted by molar-refractivity contribution is 7.15. The lowest BCUT2D eigenvalue weighted by atomic mass is 10.0. The minimum Gasteiger partial charge on any atom is -0.483 e. The van der Waals surface area contributed by atoms with Crippen LogP contribution in [0.5, 0.6) is 11.5 Å². The van der Waals surface area contributed by atoms with Crippen LogP contribution in [-0.4, -0.2) is 34.0 Å². The molecule has 2 aromatic heterocycles. The second-order valence-electron chi connectivity index (χ2n) is 7.75. The number of para-hydroxylation sites is 1. The number of aromatic nitrogens is 2. The highest BCUT2D eigenvalue weighted by atomic mass is 32.1. The Hall–Kier alpha value is -2.87. The molecule has 3 aromatic rings. The van der Waals surface area contributed by atoms with Crippen molar-refractivity contribution >= 4 is 22.2 Å². The third-order valence-electron chi connectivity index (χ3n) is 4.72. The molecule has 0 saturated heterocycles. The number of benzene rings is 1. The predicted molar refractivity (Wildman–Crippen MR) is 111 cm³/mol. The van der Waals surface area contributed by atoms with Crippen molar-refractivity contribution in [1.82, 2.24) is 14.7 Å². The number of nitrogens with zero attached hydrogens (tertiary/aromatic N) is 2. The molecule has 0 atom stereocenters. The maximum Gasteiger partial charge on any atom is 0.258 e. The van der Waals surface area contributed by atoms with Gasteiger partial charge in [0.15, 0.2) is 23.1 Å².